The fourth-order valence-electron chi connectivity index (χ4n) is 1.55. The Morgan fingerprint density at radius 2 is 1.88 bits per heavy atom. The second kappa shape index (κ2) is 5.26. The van der Waals surface area contributed by atoms with Crippen molar-refractivity contribution in [2.75, 3.05) is 6.26 Å². The van der Waals surface area contributed by atoms with Crippen LogP contribution in [0.15, 0.2) is 24.3 Å². The molecule has 0 fully saturated rings. The van der Waals surface area contributed by atoms with E-state index >= 15 is 0 Å². The molecule has 96 valence electrons. The van der Waals surface area contributed by atoms with Crippen LogP contribution in [0.1, 0.15) is 25.0 Å². The van der Waals surface area contributed by atoms with E-state index < -0.39 is 19.6 Å². The largest absolute Gasteiger partial charge is 0.386 e. The molecule has 0 aliphatic rings. The van der Waals surface area contributed by atoms with E-state index in [4.69, 9.17) is 11.6 Å². The molecule has 1 aromatic carbocycles. The number of halogens is 2. The van der Waals surface area contributed by atoms with Crippen LogP contribution in [0.2, 0.25) is 5.02 Å². The lowest BCUT2D eigenvalue weighted by Gasteiger charge is -2.29. The molecule has 6 heteroatoms. The Kier molecular flexibility index (Phi) is 4.63. The Bertz CT molecular complexity index is 486. The van der Waals surface area contributed by atoms with Crippen molar-refractivity contribution < 1.29 is 13.5 Å². The Hall–Kier alpha value is -0.100. The molecular formula is C11H14BrClO3S. The fourth-order valence-corrected chi connectivity index (χ4v) is 3.01. The number of aliphatic hydroxyl groups is 1. The quantitative estimate of drug-likeness (QED) is 0.857. The summed E-state index contributed by atoms with van der Waals surface area (Å²) in [5.41, 5.74) is 0.513. The summed E-state index contributed by atoms with van der Waals surface area (Å²) in [5, 5.41) is 10.7. The molecule has 0 unspecified atom stereocenters. The molecule has 0 radical (unpaired) electrons. The van der Waals surface area contributed by atoms with E-state index in [0.29, 0.717) is 10.6 Å². The normalized spacial score (nSPS) is 17.5. The second-order valence-corrected chi connectivity index (χ2v) is 8.52. The van der Waals surface area contributed by atoms with Crippen LogP contribution in [-0.2, 0) is 9.84 Å². The zero-order valence-corrected chi connectivity index (χ0v) is 12.7. The molecule has 0 bridgehead atoms. The first-order chi connectivity index (χ1) is 7.72. The van der Waals surface area contributed by atoms with E-state index in [-0.39, 0.29) is 6.42 Å². The molecule has 3 nitrogen and oxygen atoms in total. The zero-order valence-electron chi connectivity index (χ0n) is 9.52. The van der Waals surface area contributed by atoms with Gasteiger partial charge in [-0.15, -0.1) is 0 Å². The number of hydrogen-bond donors (Lipinski definition) is 1. The first-order valence-corrected chi connectivity index (χ1v) is 8.10. The maximum absolute atomic E-state index is 11.7. The number of sulfone groups is 1. The monoisotopic (exact) mass is 340 g/mol. The molecule has 1 N–H and O–H groups in total. The Morgan fingerprint density at radius 1 is 1.41 bits per heavy atom. The molecule has 1 aromatic rings. The predicted octanol–water partition coefficient (Wildman–Crippen LogP) is 2.92. The molecule has 0 aliphatic heterocycles. The maximum atomic E-state index is 11.7. The van der Waals surface area contributed by atoms with Crippen molar-refractivity contribution in [2.45, 2.75) is 23.1 Å². The number of hydrogen-bond acceptors (Lipinski definition) is 3. The lowest BCUT2D eigenvalue weighted by Crippen LogP contribution is -2.37. The third kappa shape index (κ3) is 3.02. The van der Waals surface area contributed by atoms with E-state index in [9.17, 15) is 13.5 Å². The molecule has 2 atom stereocenters. The van der Waals surface area contributed by atoms with Crippen LogP contribution in [0.4, 0.5) is 0 Å². The van der Waals surface area contributed by atoms with Crippen LogP contribution < -0.4 is 0 Å². The van der Waals surface area contributed by atoms with Crippen molar-refractivity contribution in [3.05, 3.63) is 34.9 Å². The smallest absolute Gasteiger partial charge is 0.166 e. The average Bonchev–Trinajstić information content (AvgIpc) is 2.26. The molecule has 0 saturated carbocycles. The Morgan fingerprint density at radius 3 is 2.24 bits per heavy atom. The number of rotatable bonds is 4. The zero-order chi connectivity index (χ0) is 13.3. The van der Waals surface area contributed by atoms with Crippen LogP contribution in [-0.4, -0.2) is 23.4 Å². The topological polar surface area (TPSA) is 54.4 Å². The number of benzene rings is 1. The summed E-state index contributed by atoms with van der Waals surface area (Å²) in [5.74, 6) is 0. The third-order valence-corrected chi connectivity index (χ3v) is 7.45. The van der Waals surface area contributed by atoms with Crippen LogP contribution in [0.5, 0.6) is 0 Å². The van der Waals surface area contributed by atoms with Crippen molar-refractivity contribution in [3.8, 4) is 0 Å². The molecule has 0 spiro atoms. The molecule has 0 saturated heterocycles. The first-order valence-electron chi connectivity index (χ1n) is 5.04. The maximum Gasteiger partial charge on any atom is 0.166 e. The van der Waals surface area contributed by atoms with Crippen LogP contribution in [0, 0.1) is 0 Å². The summed E-state index contributed by atoms with van der Waals surface area (Å²) in [7, 11) is -3.44. The lowest BCUT2D eigenvalue weighted by atomic mass is 10.1. The molecule has 0 heterocycles. The molecule has 0 aliphatic carbocycles. The minimum absolute atomic E-state index is 0.260. The summed E-state index contributed by atoms with van der Waals surface area (Å²) in [6.07, 6.45) is 0.222. The van der Waals surface area contributed by atoms with Gasteiger partial charge in [-0.3, -0.25) is 0 Å². The van der Waals surface area contributed by atoms with Crippen molar-refractivity contribution >= 4 is 37.4 Å². The van der Waals surface area contributed by atoms with Gasteiger partial charge in [0.1, 0.15) is 6.10 Å². The van der Waals surface area contributed by atoms with Gasteiger partial charge in [0.15, 0.2) is 13.5 Å². The van der Waals surface area contributed by atoms with Gasteiger partial charge in [-0.25, -0.2) is 8.42 Å². The van der Waals surface area contributed by atoms with Gasteiger partial charge in [0, 0.05) is 11.3 Å². The van der Waals surface area contributed by atoms with Gasteiger partial charge in [-0.2, -0.15) is 0 Å². The van der Waals surface area contributed by atoms with E-state index in [1.165, 1.54) is 0 Å². The molecule has 1 rings (SSSR count). The Labute approximate surface area is 115 Å². The van der Waals surface area contributed by atoms with Gasteiger partial charge >= 0.3 is 0 Å². The van der Waals surface area contributed by atoms with Crippen molar-refractivity contribution in [2.24, 2.45) is 0 Å². The number of alkyl halides is 1. The van der Waals surface area contributed by atoms with Crippen molar-refractivity contribution in [1.82, 2.24) is 0 Å². The van der Waals surface area contributed by atoms with Crippen LogP contribution >= 0.6 is 27.5 Å². The van der Waals surface area contributed by atoms with Gasteiger partial charge < -0.3 is 5.11 Å². The minimum atomic E-state index is -3.44. The van der Waals surface area contributed by atoms with Gasteiger partial charge in [-0.1, -0.05) is 46.6 Å². The van der Waals surface area contributed by atoms with Gasteiger partial charge in [0.2, 0.25) is 0 Å². The Balaban J connectivity index is 3.19. The predicted molar refractivity (Wildman–Crippen MR) is 73.2 cm³/mol. The first kappa shape index (κ1) is 15.0. The average molecular weight is 342 g/mol. The minimum Gasteiger partial charge on any atom is -0.386 e. The fraction of sp³-hybridized carbons (Fsp3) is 0.455. The van der Waals surface area contributed by atoms with Crippen molar-refractivity contribution in [3.63, 3.8) is 0 Å². The molecular weight excluding hydrogens is 328 g/mol. The van der Waals surface area contributed by atoms with E-state index in [2.05, 4.69) is 15.9 Å². The SMILES string of the molecule is CC[C@@](Br)([C@@H](O)c1ccc(Cl)cc1)S(C)(=O)=O. The van der Waals surface area contributed by atoms with E-state index in [0.717, 1.165) is 6.26 Å². The highest BCUT2D eigenvalue weighted by atomic mass is 79.9. The summed E-state index contributed by atoms with van der Waals surface area (Å²) in [4.78, 5) is 0. The highest BCUT2D eigenvalue weighted by molar-refractivity contribution is 9.11. The van der Waals surface area contributed by atoms with Gasteiger partial charge in [0.05, 0.1) is 0 Å². The standard InChI is InChI=1S/C11H14BrClO3S/c1-3-11(12,17(2,15)16)10(14)8-4-6-9(13)7-5-8/h4-7,10,14H,3H2,1-2H3/t10-,11-/m0/s1. The van der Waals surface area contributed by atoms with E-state index in [1.54, 1.807) is 31.2 Å². The summed E-state index contributed by atoms with van der Waals surface area (Å²) in [6, 6.07) is 6.46. The molecule has 17 heavy (non-hydrogen) atoms. The third-order valence-electron chi connectivity index (χ3n) is 2.69. The van der Waals surface area contributed by atoms with Crippen molar-refractivity contribution in [1.29, 1.82) is 0 Å². The highest BCUT2D eigenvalue weighted by Gasteiger charge is 2.44. The highest BCUT2D eigenvalue weighted by Crippen LogP contribution is 2.41. The summed E-state index contributed by atoms with van der Waals surface area (Å²) in [6.45, 7) is 1.70. The van der Waals surface area contributed by atoms with Crippen LogP contribution in [0.3, 0.4) is 0 Å². The van der Waals surface area contributed by atoms with Gasteiger partial charge in [-0.05, 0) is 24.1 Å². The van der Waals surface area contributed by atoms with Crippen LogP contribution in [0.25, 0.3) is 0 Å². The molecule has 0 aromatic heterocycles. The molecule has 0 amide bonds. The number of aliphatic hydroxyl groups excluding tert-OH is 1. The summed E-state index contributed by atoms with van der Waals surface area (Å²) >= 11 is 8.90. The summed E-state index contributed by atoms with van der Waals surface area (Å²) < 4.78 is 22.1. The lowest BCUT2D eigenvalue weighted by molar-refractivity contribution is 0.160. The van der Waals surface area contributed by atoms with E-state index in [1.807, 2.05) is 0 Å². The van der Waals surface area contributed by atoms with Gasteiger partial charge in [0.25, 0.3) is 0 Å². The second-order valence-electron chi connectivity index (χ2n) is 3.87.